The first kappa shape index (κ1) is 15.8. The molecule has 2 aliphatic heterocycles. The number of esters is 1. The SMILES string of the molecule is C[C@@H]1[C@@H](OC(=O)[C@@H]2CS[C@@]3(C)CCC(=O)N23)C[C@@H]2C[C@@H]1C2(C)C. The highest BCUT2D eigenvalue weighted by atomic mass is 32.2. The summed E-state index contributed by atoms with van der Waals surface area (Å²) in [6.45, 7) is 9.01. The van der Waals surface area contributed by atoms with Crippen LogP contribution in [0.5, 0.6) is 0 Å². The summed E-state index contributed by atoms with van der Waals surface area (Å²) in [7, 11) is 0. The van der Waals surface area contributed by atoms with Crippen LogP contribution in [0.15, 0.2) is 0 Å². The van der Waals surface area contributed by atoms with Gasteiger partial charge in [-0.2, -0.15) is 0 Å². The molecule has 0 spiro atoms. The Kier molecular flexibility index (Phi) is 3.37. The molecule has 5 heteroatoms. The Morgan fingerprint density at radius 3 is 2.70 bits per heavy atom. The molecule has 2 bridgehead atoms. The number of rotatable bonds is 2. The zero-order chi connectivity index (χ0) is 16.6. The lowest BCUT2D eigenvalue weighted by atomic mass is 9.45. The van der Waals surface area contributed by atoms with Crippen LogP contribution >= 0.6 is 11.8 Å². The van der Waals surface area contributed by atoms with Crippen LogP contribution in [0.25, 0.3) is 0 Å². The topological polar surface area (TPSA) is 46.6 Å². The monoisotopic (exact) mass is 337 g/mol. The second kappa shape index (κ2) is 4.90. The number of carbonyl (C=O) groups excluding carboxylic acids is 2. The summed E-state index contributed by atoms with van der Waals surface area (Å²) in [5.41, 5.74) is 0.398. The molecule has 4 nitrogen and oxygen atoms in total. The quantitative estimate of drug-likeness (QED) is 0.727. The van der Waals surface area contributed by atoms with E-state index in [1.807, 2.05) is 0 Å². The third kappa shape index (κ3) is 2.11. The van der Waals surface area contributed by atoms with Crippen LogP contribution in [0.3, 0.4) is 0 Å². The van der Waals surface area contributed by atoms with E-state index in [1.54, 1.807) is 16.7 Å². The van der Waals surface area contributed by atoms with Gasteiger partial charge in [0.1, 0.15) is 12.1 Å². The second-order valence-corrected chi connectivity index (χ2v) is 10.2. The summed E-state index contributed by atoms with van der Waals surface area (Å²) in [5, 5.41) is 0. The fourth-order valence-corrected chi connectivity index (χ4v) is 6.90. The van der Waals surface area contributed by atoms with Gasteiger partial charge in [-0.15, -0.1) is 11.8 Å². The first-order chi connectivity index (χ1) is 10.7. The van der Waals surface area contributed by atoms with E-state index >= 15 is 0 Å². The Morgan fingerprint density at radius 1 is 1.30 bits per heavy atom. The molecule has 0 N–H and O–H groups in total. The molecule has 0 unspecified atom stereocenters. The number of amides is 1. The van der Waals surface area contributed by atoms with Gasteiger partial charge in [0.2, 0.25) is 5.91 Å². The zero-order valence-electron chi connectivity index (χ0n) is 14.5. The number of ether oxygens (including phenoxy) is 1. The van der Waals surface area contributed by atoms with E-state index in [9.17, 15) is 9.59 Å². The molecule has 23 heavy (non-hydrogen) atoms. The number of carbonyl (C=O) groups is 2. The van der Waals surface area contributed by atoms with Crippen LogP contribution in [0.4, 0.5) is 0 Å². The van der Waals surface area contributed by atoms with Gasteiger partial charge < -0.3 is 9.64 Å². The van der Waals surface area contributed by atoms with Crippen LogP contribution in [-0.2, 0) is 14.3 Å². The van der Waals surface area contributed by atoms with E-state index in [2.05, 4.69) is 27.7 Å². The maximum Gasteiger partial charge on any atom is 0.330 e. The molecule has 5 fully saturated rings. The first-order valence-corrected chi connectivity index (χ1v) is 9.89. The molecule has 5 rings (SSSR count). The Morgan fingerprint density at radius 2 is 2.04 bits per heavy atom. The van der Waals surface area contributed by atoms with Crippen LogP contribution in [0.1, 0.15) is 53.4 Å². The fraction of sp³-hybridized carbons (Fsp3) is 0.889. The maximum absolute atomic E-state index is 12.7. The number of fused-ring (bicyclic) bond motifs is 3. The van der Waals surface area contributed by atoms with E-state index in [0.717, 1.165) is 12.8 Å². The Balaban J connectivity index is 1.44. The smallest absolute Gasteiger partial charge is 0.330 e. The van der Waals surface area contributed by atoms with Gasteiger partial charge in [0.25, 0.3) is 0 Å². The maximum atomic E-state index is 12.7. The third-order valence-electron chi connectivity index (χ3n) is 7.27. The molecule has 2 heterocycles. The van der Waals surface area contributed by atoms with Gasteiger partial charge in [0, 0.05) is 12.2 Å². The molecule has 0 aromatic heterocycles. The molecule has 2 saturated heterocycles. The van der Waals surface area contributed by atoms with Crippen molar-refractivity contribution in [2.75, 3.05) is 5.75 Å². The normalized spacial score (nSPS) is 47.2. The highest BCUT2D eigenvalue weighted by Gasteiger charge is 2.58. The van der Waals surface area contributed by atoms with Crippen molar-refractivity contribution in [3.63, 3.8) is 0 Å². The lowest BCUT2D eigenvalue weighted by molar-refractivity contribution is -0.190. The minimum atomic E-state index is -0.376. The first-order valence-electron chi connectivity index (χ1n) is 8.90. The van der Waals surface area contributed by atoms with Crippen molar-refractivity contribution < 1.29 is 14.3 Å². The summed E-state index contributed by atoms with van der Waals surface area (Å²) in [6, 6.07) is -0.376. The van der Waals surface area contributed by atoms with Crippen molar-refractivity contribution in [3.8, 4) is 0 Å². The van der Waals surface area contributed by atoms with Gasteiger partial charge >= 0.3 is 5.97 Å². The lowest BCUT2D eigenvalue weighted by Gasteiger charge is -2.61. The van der Waals surface area contributed by atoms with Gasteiger partial charge in [-0.1, -0.05) is 20.8 Å². The highest BCUT2D eigenvalue weighted by Crippen LogP contribution is 2.61. The average Bonchev–Trinajstić information content (AvgIpc) is 2.97. The van der Waals surface area contributed by atoms with Crippen molar-refractivity contribution in [1.29, 1.82) is 0 Å². The minimum absolute atomic E-state index is 0.0360. The van der Waals surface area contributed by atoms with Crippen molar-refractivity contribution in [2.45, 2.75) is 70.4 Å². The second-order valence-electron chi connectivity index (χ2n) is 8.70. The molecule has 5 aliphatic rings. The van der Waals surface area contributed by atoms with Gasteiger partial charge in [0.05, 0.1) is 4.87 Å². The van der Waals surface area contributed by atoms with E-state index in [4.69, 9.17) is 4.74 Å². The molecule has 0 radical (unpaired) electrons. The van der Waals surface area contributed by atoms with Gasteiger partial charge in [-0.3, -0.25) is 4.79 Å². The Labute approximate surface area is 142 Å². The zero-order valence-corrected chi connectivity index (χ0v) is 15.3. The molecule has 1 amide bonds. The summed E-state index contributed by atoms with van der Waals surface area (Å²) in [6.07, 6.45) is 3.71. The molecular weight excluding hydrogens is 310 g/mol. The molecule has 3 saturated carbocycles. The molecule has 0 aromatic rings. The van der Waals surface area contributed by atoms with Crippen LogP contribution in [-0.4, -0.2) is 39.5 Å². The van der Waals surface area contributed by atoms with Crippen LogP contribution in [0.2, 0.25) is 0 Å². The van der Waals surface area contributed by atoms with Crippen molar-refractivity contribution in [2.24, 2.45) is 23.2 Å². The lowest BCUT2D eigenvalue weighted by Crippen LogP contribution is -2.58. The molecule has 3 aliphatic carbocycles. The van der Waals surface area contributed by atoms with E-state index in [0.29, 0.717) is 35.3 Å². The Bertz CT molecular complexity index is 562. The average molecular weight is 337 g/mol. The number of hydrogen-bond acceptors (Lipinski definition) is 4. The standard InChI is InChI=1S/C18H27NO3S/c1-10-12-7-11(17(12,2)3)8-14(10)22-16(21)13-9-23-18(4)6-5-15(20)19(13)18/h10-14H,5-9H2,1-4H3/t10-,11-,12-,13-,14-,18-/m0/s1. The highest BCUT2D eigenvalue weighted by molar-refractivity contribution is 8.01. The van der Waals surface area contributed by atoms with Gasteiger partial charge in [-0.25, -0.2) is 4.79 Å². The molecule has 128 valence electrons. The predicted octanol–water partition coefficient (Wildman–Crippen LogP) is 3.05. The predicted molar refractivity (Wildman–Crippen MR) is 89.8 cm³/mol. The molecule has 0 aromatic carbocycles. The number of thioether (sulfide) groups is 1. The fourth-order valence-electron chi connectivity index (χ4n) is 5.48. The van der Waals surface area contributed by atoms with E-state index in [1.165, 1.54) is 6.42 Å². The Hall–Kier alpha value is -0.710. The summed E-state index contributed by atoms with van der Waals surface area (Å²) >= 11 is 1.73. The van der Waals surface area contributed by atoms with E-state index in [-0.39, 0.29) is 28.9 Å². The van der Waals surface area contributed by atoms with Gasteiger partial charge in [-0.05, 0) is 49.4 Å². The number of hydrogen-bond donors (Lipinski definition) is 0. The summed E-state index contributed by atoms with van der Waals surface area (Å²) in [4.78, 5) is 26.5. The van der Waals surface area contributed by atoms with E-state index < -0.39 is 0 Å². The van der Waals surface area contributed by atoms with Crippen LogP contribution < -0.4 is 0 Å². The minimum Gasteiger partial charge on any atom is -0.461 e. The molecular formula is C18H27NO3S. The summed E-state index contributed by atoms with van der Waals surface area (Å²) < 4.78 is 5.94. The summed E-state index contributed by atoms with van der Waals surface area (Å²) in [5.74, 6) is 2.38. The largest absolute Gasteiger partial charge is 0.461 e. The number of nitrogens with zero attached hydrogens (tertiary/aromatic N) is 1. The third-order valence-corrected chi connectivity index (χ3v) is 8.77. The van der Waals surface area contributed by atoms with Crippen LogP contribution in [0, 0.1) is 23.2 Å². The molecule has 6 atom stereocenters. The van der Waals surface area contributed by atoms with Crippen molar-refractivity contribution in [1.82, 2.24) is 4.90 Å². The van der Waals surface area contributed by atoms with Crippen molar-refractivity contribution in [3.05, 3.63) is 0 Å². The van der Waals surface area contributed by atoms with Gasteiger partial charge in [0.15, 0.2) is 0 Å². The van der Waals surface area contributed by atoms with Crippen molar-refractivity contribution >= 4 is 23.6 Å².